The standard InChI is InChI=1S/C19H17F2N3O2/c20-14-7-5-13(6-8-14)11-12-22-17(25)9-10-18-23-19(24-26-18)15-3-1-2-4-16(15)21/h1-8H,9-12H2,(H,22,25). The van der Waals surface area contributed by atoms with E-state index >= 15 is 0 Å². The van der Waals surface area contributed by atoms with Gasteiger partial charge in [-0.3, -0.25) is 4.79 Å². The molecule has 0 aliphatic carbocycles. The molecule has 1 heterocycles. The summed E-state index contributed by atoms with van der Waals surface area (Å²) >= 11 is 0. The second-order valence-electron chi connectivity index (χ2n) is 5.72. The summed E-state index contributed by atoms with van der Waals surface area (Å²) in [4.78, 5) is 16.0. The molecule has 0 saturated heterocycles. The minimum atomic E-state index is -0.432. The number of halogens is 2. The molecule has 0 spiro atoms. The van der Waals surface area contributed by atoms with Crippen LogP contribution in [0.25, 0.3) is 11.4 Å². The van der Waals surface area contributed by atoms with Crippen LogP contribution in [0.3, 0.4) is 0 Å². The van der Waals surface area contributed by atoms with E-state index in [4.69, 9.17) is 4.52 Å². The van der Waals surface area contributed by atoms with Crippen LogP contribution < -0.4 is 5.32 Å². The molecule has 7 heteroatoms. The van der Waals surface area contributed by atoms with Crippen molar-refractivity contribution >= 4 is 5.91 Å². The van der Waals surface area contributed by atoms with E-state index in [2.05, 4.69) is 15.5 Å². The maximum Gasteiger partial charge on any atom is 0.227 e. The van der Waals surface area contributed by atoms with E-state index < -0.39 is 5.82 Å². The molecular weight excluding hydrogens is 340 g/mol. The molecule has 134 valence electrons. The van der Waals surface area contributed by atoms with Crippen LogP contribution in [0.5, 0.6) is 0 Å². The van der Waals surface area contributed by atoms with E-state index in [9.17, 15) is 13.6 Å². The molecule has 0 atom stereocenters. The van der Waals surface area contributed by atoms with Gasteiger partial charge < -0.3 is 9.84 Å². The summed E-state index contributed by atoms with van der Waals surface area (Å²) in [5.41, 5.74) is 1.20. The SMILES string of the molecule is O=C(CCc1nc(-c2ccccc2F)no1)NCCc1ccc(F)cc1. The highest BCUT2D eigenvalue weighted by molar-refractivity contribution is 5.76. The molecule has 26 heavy (non-hydrogen) atoms. The monoisotopic (exact) mass is 357 g/mol. The van der Waals surface area contributed by atoms with E-state index in [0.717, 1.165) is 5.56 Å². The molecule has 1 aromatic heterocycles. The van der Waals surface area contributed by atoms with Crippen LogP contribution in [0.2, 0.25) is 0 Å². The number of aryl methyl sites for hydroxylation is 1. The zero-order valence-electron chi connectivity index (χ0n) is 13.9. The van der Waals surface area contributed by atoms with Gasteiger partial charge in [0.1, 0.15) is 11.6 Å². The lowest BCUT2D eigenvalue weighted by Crippen LogP contribution is -2.25. The van der Waals surface area contributed by atoms with E-state index in [1.165, 1.54) is 18.2 Å². The zero-order valence-corrected chi connectivity index (χ0v) is 13.9. The van der Waals surface area contributed by atoms with Crippen LogP contribution in [0, 0.1) is 11.6 Å². The number of nitrogens with one attached hydrogen (secondary N) is 1. The Morgan fingerprint density at radius 3 is 2.58 bits per heavy atom. The van der Waals surface area contributed by atoms with Crippen molar-refractivity contribution in [1.29, 1.82) is 0 Å². The summed E-state index contributed by atoms with van der Waals surface area (Å²) in [5, 5.41) is 6.53. The van der Waals surface area contributed by atoms with Gasteiger partial charge in [0, 0.05) is 19.4 Å². The number of hydrogen-bond donors (Lipinski definition) is 1. The zero-order chi connectivity index (χ0) is 18.4. The predicted octanol–water partition coefficient (Wildman–Crippen LogP) is 3.31. The molecule has 2 aromatic carbocycles. The van der Waals surface area contributed by atoms with Gasteiger partial charge in [-0.15, -0.1) is 0 Å². The van der Waals surface area contributed by atoms with E-state index in [1.54, 1.807) is 30.3 Å². The summed E-state index contributed by atoms with van der Waals surface area (Å²) in [6, 6.07) is 12.3. The molecule has 0 radical (unpaired) electrons. The lowest BCUT2D eigenvalue weighted by atomic mass is 10.1. The first-order valence-corrected chi connectivity index (χ1v) is 8.20. The Morgan fingerprint density at radius 2 is 1.81 bits per heavy atom. The average Bonchev–Trinajstić information content (AvgIpc) is 3.11. The van der Waals surface area contributed by atoms with Gasteiger partial charge in [-0.1, -0.05) is 29.4 Å². The summed E-state index contributed by atoms with van der Waals surface area (Å²) in [6.45, 7) is 0.453. The fraction of sp³-hybridized carbons (Fsp3) is 0.211. The maximum absolute atomic E-state index is 13.7. The second kappa shape index (κ2) is 8.33. The van der Waals surface area contributed by atoms with Gasteiger partial charge >= 0.3 is 0 Å². The van der Waals surface area contributed by atoms with Crippen molar-refractivity contribution in [2.24, 2.45) is 0 Å². The number of nitrogens with zero attached hydrogens (tertiary/aromatic N) is 2. The average molecular weight is 357 g/mol. The molecule has 1 amide bonds. The maximum atomic E-state index is 13.7. The fourth-order valence-corrected chi connectivity index (χ4v) is 2.41. The van der Waals surface area contributed by atoms with Crippen LogP contribution in [-0.2, 0) is 17.6 Å². The number of amides is 1. The fourth-order valence-electron chi connectivity index (χ4n) is 2.41. The van der Waals surface area contributed by atoms with Crippen molar-refractivity contribution in [3.8, 4) is 11.4 Å². The predicted molar refractivity (Wildman–Crippen MR) is 91.1 cm³/mol. The van der Waals surface area contributed by atoms with Crippen LogP contribution in [-0.4, -0.2) is 22.6 Å². The summed E-state index contributed by atoms with van der Waals surface area (Å²) < 4.78 is 31.6. The van der Waals surface area contributed by atoms with Crippen LogP contribution in [0.4, 0.5) is 8.78 Å². The molecule has 3 aromatic rings. The molecular formula is C19H17F2N3O2. The summed E-state index contributed by atoms with van der Waals surface area (Å²) in [6.07, 6.45) is 1.07. The molecule has 0 saturated carbocycles. The molecule has 0 unspecified atom stereocenters. The van der Waals surface area contributed by atoms with Crippen molar-refractivity contribution in [2.45, 2.75) is 19.3 Å². The Hall–Kier alpha value is -3.09. The molecule has 0 aliphatic rings. The van der Waals surface area contributed by atoms with Crippen LogP contribution >= 0.6 is 0 Å². The summed E-state index contributed by atoms with van der Waals surface area (Å²) in [7, 11) is 0. The number of aromatic nitrogens is 2. The van der Waals surface area contributed by atoms with Crippen molar-refractivity contribution in [1.82, 2.24) is 15.5 Å². The Labute approximate surface area is 149 Å². The minimum Gasteiger partial charge on any atom is -0.356 e. The summed E-state index contributed by atoms with van der Waals surface area (Å²) in [5.74, 6) is -0.435. The Kier molecular flexibility index (Phi) is 5.68. The highest BCUT2D eigenvalue weighted by atomic mass is 19.1. The normalized spacial score (nSPS) is 10.7. The van der Waals surface area contributed by atoms with Crippen LogP contribution in [0.1, 0.15) is 17.9 Å². The first kappa shape index (κ1) is 17.7. The molecule has 3 rings (SSSR count). The van der Waals surface area contributed by atoms with E-state index in [1.807, 2.05) is 0 Å². The van der Waals surface area contributed by atoms with Gasteiger partial charge in [0.05, 0.1) is 5.56 Å². The van der Waals surface area contributed by atoms with Gasteiger partial charge in [0.25, 0.3) is 0 Å². The van der Waals surface area contributed by atoms with Crippen LogP contribution in [0.15, 0.2) is 53.1 Å². The van der Waals surface area contributed by atoms with E-state index in [-0.39, 0.29) is 41.8 Å². The number of rotatable bonds is 7. The van der Waals surface area contributed by atoms with E-state index in [0.29, 0.717) is 13.0 Å². The Morgan fingerprint density at radius 1 is 1.04 bits per heavy atom. The highest BCUT2D eigenvalue weighted by Gasteiger charge is 2.13. The van der Waals surface area contributed by atoms with Gasteiger partial charge in [0.2, 0.25) is 17.6 Å². The van der Waals surface area contributed by atoms with Gasteiger partial charge in [0.15, 0.2) is 0 Å². The first-order valence-electron chi connectivity index (χ1n) is 8.20. The third kappa shape index (κ3) is 4.72. The third-order valence-corrected chi connectivity index (χ3v) is 3.80. The smallest absolute Gasteiger partial charge is 0.227 e. The molecule has 0 aliphatic heterocycles. The first-order chi connectivity index (χ1) is 12.6. The van der Waals surface area contributed by atoms with Gasteiger partial charge in [-0.25, -0.2) is 8.78 Å². The van der Waals surface area contributed by atoms with Gasteiger partial charge in [-0.2, -0.15) is 4.98 Å². The Bertz CT molecular complexity index is 879. The number of carbonyl (C=O) groups excluding carboxylic acids is 1. The van der Waals surface area contributed by atoms with Crippen molar-refractivity contribution in [3.63, 3.8) is 0 Å². The number of hydrogen-bond acceptors (Lipinski definition) is 4. The molecule has 0 bridgehead atoms. The minimum absolute atomic E-state index is 0.155. The molecule has 0 fully saturated rings. The lowest BCUT2D eigenvalue weighted by molar-refractivity contribution is -0.121. The molecule has 1 N–H and O–H groups in total. The number of benzene rings is 2. The number of carbonyl (C=O) groups is 1. The Balaban J connectivity index is 1.45. The van der Waals surface area contributed by atoms with Crippen molar-refractivity contribution < 1.29 is 18.1 Å². The third-order valence-electron chi connectivity index (χ3n) is 3.80. The second-order valence-corrected chi connectivity index (χ2v) is 5.72. The topological polar surface area (TPSA) is 68.0 Å². The molecule has 5 nitrogen and oxygen atoms in total. The highest BCUT2D eigenvalue weighted by Crippen LogP contribution is 2.19. The quantitative estimate of drug-likeness (QED) is 0.704. The lowest BCUT2D eigenvalue weighted by Gasteiger charge is -2.04. The van der Waals surface area contributed by atoms with Crippen molar-refractivity contribution in [3.05, 3.63) is 71.6 Å². The van der Waals surface area contributed by atoms with Crippen molar-refractivity contribution in [2.75, 3.05) is 6.54 Å². The van der Waals surface area contributed by atoms with Gasteiger partial charge in [-0.05, 0) is 36.2 Å². The largest absolute Gasteiger partial charge is 0.356 e.